The molecule has 8 nitrogen and oxygen atoms in total. The molecule has 54 heavy (non-hydrogen) atoms. The molecule has 0 heterocycles. The van der Waals surface area contributed by atoms with Crippen molar-refractivity contribution in [1.29, 1.82) is 0 Å². The zero-order valence-electron chi connectivity index (χ0n) is 37.3. The molecule has 8 atom stereocenters. The largest absolute Gasteiger partial charge is 0.466 e. The lowest BCUT2D eigenvalue weighted by atomic mass is 9.81. The van der Waals surface area contributed by atoms with Crippen molar-refractivity contribution in [2.45, 2.75) is 170 Å². The Bertz CT molecular complexity index is 1270. The number of carbonyl (C=O) groups is 3. The Morgan fingerprint density at radius 3 is 1.74 bits per heavy atom. The van der Waals surface area contributed by atoms with Crippen molar-refractivity contribution in [2.24, 2.45) is 35.3 Å². The minimum absolute atomic E-state index is 0.0100. The van der Waals surface area contributed by atoms with Gasteiger partial charge in [-0.3, -0.25) is 9.59 Å². The molecule has 0 spiro atoms. The van der Waals surface area contributed by atoms with E-state index < -0.39 is 28.8 Å². The number of primary amides is 1. The Morgan fingerprint density at radius 2 is 1.26 bits per heavy atom. The summed E-state index contributed by atoms with van der Waals surface area (Å²) in [6.45, 7) is 41.5. The highest BCUT2D eigenvalue weighted by Crippen LogP contribution is 2.42. The van der Waals surface area contributed by atoms with Crippen LogP contribution >= 0.6 is 0 Å². The van der Waals surface area contributed by atoms with Crippen LogP contribution in [0.3, 0.4) is 0 Å². The highest BCUT2D eigenvalue weighted by molar-refractivity contribution is 6.74. The molecule has 0 rings (SSSR count). The Hall–Kier alpha value is -2.28. The molecule has 0 aliphatic rings. The van der Waals surface area contributed by atoms with Crippen LogP contribution in [-0.4, -0.2) is 59.4 Å². The van der Waals surface area contributed by atoms with E-state index in [1.165, 1.54) is 5.57 Å². The molecule has 0 aromatic carbocycles. The van der Waals surface area contributed by atoms with Gasteiger partial charge in [0.2, 0.25) is 0 Å². The normalized spacial score (nSPS) is 18.1. The van der Waals surface area contributed by atoms with E-state index in [2.05, 4.69) is 121 Å². The third-order valence-electron chi connectivity index (χ3n) is 11.4. The molecule has 0 saturated heterocycles. The SMILES string of the molecule is C=C/C=C\C(C)C(OC(N)=O)C(C)C(O[Si](C)(C)C(C)(C)C)C(C)C/C(C)=C\C(C)C(O[Si](C)(C)C(C)(C)C)C(C)/C=C\[CH]CC(=O)CCC(=O)OCC. The average Bonchev–Trinajstić information content (AvgIpc) is 3.03. The summed E-state index contributed by atoms with van der Waals surface area (Å²) in [5.74, 6) is -0.270. The summed E-state index contributed by atoms with van der Waals surface area (Å²) in [4.78, 5) is 36.2. The lowest BCUT2D eigenvalue weighted by molar-refractivity contribution is -0.144. The van der Waals surface area contributed by atoms with E-state index in [1.807, 2.05) is 31.6 Å². The van der Waals surface area contributed by atoms with Gasteiger partial charge in [0, 0.05) is 24.7 Å². The summed E-state index contributed by atoms with van der Waals surface area (Å²) in [6.07, 6.45) is 13.7. The molecule has 0 aromatic heterocycles. The Kier molecular flexibility index (Phi) is 22.1. The van der Waals surface area contributed by atoms with Crippen molar-refractivity contribution in [2.75, 3.05) is 6.61 Å². The van der Waals surface area contributed by atoms with Gasteiger partial charge in [-0.1, -0.05) is 125 Å². The first kappa shape index (κ1) is 51.7. The lowest BCUT2D eigenvalue weighted by Gasteiger charge is -2.45. The van der Waals surface area contributed by atoms with Crippen LogP contribution < -0.4 is 5.73 Å². The topological polar surface area (TPSA) is 114 Å². The van der Waals surface area contributed by atoms with Crippen molar-refractivity contribution < 1.29 is 32.7 Å². The number of Topliss-reactive ketones (excluding diaryl/α,β-unsaturated/α-hetero) is 1. The molecule has 2 N–H and O–H groups in total. The van der Waals surface area contributed by atoms with Gasteiger partial charge in [-0.2, -0.15) is 0 Å². The van der Waals surface area contributed by atoms with E-state index in [4.69, 9.17) is 24.1 Å². The summed E-state index contributed by atoms with van der Waals surface area (Å²) in [6, 6.07) is 0. The van der Waals surface area contributed by atoms with Gasteiger partial charge in [0.1, 0.15) is 11.9 Å². The maximum Gasteiger partial charge on any atom is 0.404 e. The number of ketones is 1. The van der Waals surface area contributed by atoms with Crippen LogP contribution in [0.1, 0.15) is 116 Å². The number of amides is 1. The molecule has 8 unspecified atom stereocenters. The zero-order chi connectivity index (χ0) is 42.2. The molecule has 0 aliphatic heterocycles. The van der Waals surface area contributed by atoms with Crippen LogP contribution in [0.25, 0.3) is 0 Å². The summed E-state index contributed by atoms with van der Waals surface area (Å²) in [5.41, 5.74) is 6.87. The highest BCUT2D eigenvalue weighted by Gasteiger charge is 2.44. The second-order valence-corrected chi connectivity index (χ2v) is 28.0. The number of hydrogen-bond acceptors (Lipinski definition) is 7. The summed E-state index contributed by atoms with van der Waals surface area (Å²) < 4.78 is 25.1. The van der Waals surface area contributed by atoms with E-state index in [0.717, 1.165) is 6.42 Å². The Morgan fingerprint density at radius 1 is 0.759 bits per heavy atom. The standard InChI is InChI=1S/C44H80NO7Si2/c1-19-21-24-33(5)40(50-42(45)48)36(8)41(52-54(17,18)44(12,13)14)35(7)30-31(3)29-34(6)39(51-53(15,16)43(9,10)11)32(4)25-22-23-26-37(46)27-28-38(47)49-20-2/h19,21-25,29,32-36,39-41H,1,20,26-28,30H2,2-18H3,(H2,45,48)/b24-21-,25-22-,31-29-. The summed E-state index contributed by atoms with van der Waals surface area (Å²) in [5, 5.41) is 0.0227. The van der Waals surface area contributed by atoms with Crippen LogP contribution in [0.5, 0.6) is 0 Å². The van der Waals surface area contributed by atoms with E-state index in [9.17, 15) is 14.4 Å². The molecule has 311 valence electrons. The van der Waals surface area contributed by atoms with Gasteiger partial charge in [0.25, 0.3) is 0 Å². The number of ether oxygens (including phenoxy) is 2. The molecule has 1 radical (unpaired) electrons. The fourth-order valence-electron chi connectivity index (χ4n) is 6.22. The first-order valence-electron chi connectivity index (χ1n) is 20.1. The van der Waals surface area contributed by atoms with Crippen molar-refractivity contribution in [3.05, 3.63) is 55.0 Å². The minimum atomic E-state index is -2.23. The Labute approximate surface area is 333 Å². The van der Waals surface area contributed by atoms with Gasteiger partial charge >= 0.3 is 12.1 Å². The van der Waals surface area contributed by atoms with Gasteiger partial charge in [-0.25, -0.2) is 4.79 Å². The monoisotopic (exact) mass is 791 g/mol. The van der Waals surface area contributed by atoms with E-state index in [1.54, 1.807) is 13.0 Å². The third kappa shape index (κ3) is 18.1. The molecular weight excluding hydrogens is 711 g/mol. The molecule has 1 amide bonds. The smallest absolute Gasteiger partial charge is 0.404 e. The van der Waals surface area contributed by atoms with Crippen molar-refractivity contribution in [3.63, 3.8) is 0 Å². The van der Waals surface area contributed by atoms with Crippen LogP contribution in [0.2, 0.25) is 36.3 Å². The number of hydrogen-bond donors (Lipinski definition) is 1. The van der Waals surface area contributed by atoms with E-state index in [-0.39, 0.29) is 82.9 Å². The molecule has 10 heteroatoms. The van der Waals surface area contributed by atoms with Gasteiger partial charge < -0.3 is 24.1 Å². The third-order valence-corrected chi connectivity index (χ3v) is 20.4. The van der Waals surface area contributed by atoms with Gasteiger partial charge in [0.15, 0.2) is 16.6 Å². The lowest BCUT2D eigenvalue weighted by Crippen LogP contribution is -2.50. The van der Waals surface area contributed by atoms with Crippen LogP contribution in [0.15, 0.2) is 48.6 Å². The number of rotatable bonds is 24. The molecule has 0 aromatic rings. The first-order valence-corrected chi connectivity index (χ1v) is 25.9. The van der Waals surface area contributed by atoms with Crippen molar-refractivity contribution in [3.8, 4) is 0 Å². The van der Waals surface area contributed by atoms with Gasteiger partial charge in [-0.05, 0) is 80.7 Å². The number of esters is 1. The van der Waals surface area contributed by atoms with Gasteiger partial charge in [-0.15, -0.1) is 0 Å². The van der Waals surface area contributed by atoms with Crippen molar-refractivity contribution in [1.82, 2.24) is 0 Å². The maximum atomic E-state index is 12.4. The second kappa shape index (κ2) is 23.1. The summed E-state index contributed by atoms with van der Waals surface area (Å²) >= 11 is 0. The fourth-order valence-corrected chi connectivity index (χ4v) is 9.17. The molecular formula is C44H80NO7Si2. The molecule has 0 saturated carbocycles. The molecule has 0 aliphatic carbocycles. The molecule has 0 bridgehead atoms. The maximum absolute atomic E-state index is 12.4. The van der Waals surface area contributed by atoms with Crippen LogP contribution in [0.4, 0.5) is 4.79 Å². The predicted molar refractivity (Wildman–Crippen MR) is 231 cm³/mol. The minimum Gasteiger partial charge on any atom is -0.466 e. The molecule has 0 fully saturated rings. The highest BCUT2D eigenvalue weighted by atomic mass is 28.4. The fraction of sp³-hybridized carbons (Fsp3) is 0.727. The summed E-state index contributed by atoms with van der Waals surface area (Å²) in [7, 11) is -4.37. The Balaban J connectivity index is 6.49. The van der Waals surface area contributed by atoms with Crippen LogP contribution in [-0.2, 0) is 27.9 Å². The van der Waals surface area contributed by atoms with Crippen molar-refractivity contribution >= 4 is 34.5 Å². The predicted octanol–water partition coefficient (Wildman–Crippen LogP) is 11.6. The van der Waals surface area contributed by atoms with Gasteiger partial charge in [0.05, 0.1) is 25.2 Å². The quantitative estimate of drug-likeness (QED) is 0.0448. The van der Waals surface area contributed by atoms with E-state index in [0.29, 0.717) is 6.61 Å². The number of nitrogens with two attached hydrogens (primary N) is 1. The number of allylic oxidation sites excluding steroid dienone is 4. The second-order valence-electron chi connectivity index (χ2n) is 18.5. The number of carbonyl (C=O) groups excluding carboxylic acids is 3. The zero-order valence-corrected chi connectivity index (χ0v) is 39.3. The first-order chi connectivity index (χ1) is 24.6. The van der Waals surface area contributed by atoms with Crippen LogP contribution in [0, 0.1) is 36.0 Å². The average molecular weight is 791 g/mol. The van der Waals surface area contributed by atoms with E-state index >= 15 is 0 Å².